The van der Waals surface area contributed by atoms with Crippen molar-refractivity contribution < 1.29 is 0 Å². The Kier molecular flexibility index (Phi) is 3.25. The third-order valence-corrected chi connectivity index (χ3v) is 3.30. The number of hydrogen-bond acceptors (Lipinski definition) is 2. The van der Waals surface area contributed by atoms with Gasteiger partial charge in [0.05, 0.1) is 5.69 Å². The third kappa shape index (κ3) is 2.30. The highest BCUT2D eigenvalue weighted by atomic mass is 15.2. The van der Waals surface area contributed by atoms with Gasteiger partial charge in [-0.15, -0.1) is 0 Å². The number of anilines is 1. The Morgan fingerprint density at radius 1 is 0.900 bits per heavy atom. The minimum Gasteiger partial charge on any atom is -0.358 e. The zero-order chi connectivity index (χ0) is 13.9. The highest BCUT2D eigenvalue weighted by molar-refractivity contribution is 5.64. The second kappa shape index (κ2) is 5.21. The van der Waals surface area contributed by atoms with E-state index in [2.05, 4.69) is 63.4 Å². The minimum absolute atomic E-state index is 0.856. The molecule has 0 atom stereocenters. The van der Waals surface area contributed by atoms with Crippen LogP contribution in [0, 0.1) is 6.92 Å². The van der Waals surface area contributed by atoms with Gasteiger partial charge in [-0.1, -0.05) is 42.5 Å². The molecular formula is C17H17N3. The summed E-state index contributed by atoms with van der Waals surface area (Å²) in [4.78, 5) is 4.44. The van der Waals surface area contributed by atoms with E-state index in [0.717, 1.165) is 17.3 Å². The average molecular weight is 263 g/mol. The summed E-state index contributed by atoms with van der Waals surface area (Å²) in [6.45, 7) is 2.00. The van der Waals surface area contributed by atoms with Crippen molar-refractivity contribution >= 4 is 5.95 Å². The van der Waals surface area contributed by atoms with Crippen molar-refractivity contribution in [1.82, 2.24) is 9.55 Å². The molecule has 3 aromatic rings. The third-order valence-electron chi connectivity index (χ3n) is 3.30. The molecule has 3 rings (SSSR count). The number of aromatic nitrogens is 2. The van der Waals surface area contributed by atoms with Crippen LogP contribution in [0.5, 0.6) is 0 Å². The Balaban J connectivity index is 1.97. The quantitative estimate of drug-likeness (QED) is 0.777. The molecule has 20 heavy (non-hydrogen) atoms. The van der Waals surface area contributed by atoms with Crippen molar-refractivity contribution in [3.63, 3.8) is 0 Å². The maximum Gasteiger partial charge on any atom is 0.207 e. The number of hydrogen-bond donors (Lipinski definition) is 1. The van der Waals surface area contributed by atoms with Crippen LogP contribution in [0.25, 0.3) is 16.8 Å². The molecule has 0 aliphatic carbocycles. The van der Waals surface area contributed by atoms with Gasteiger partial charge in [0.25, 0.3) is 0 Å². The van der Waals surface area contributed by atoms with Crippen LogP contribution in [0.2, 0.25) is 0 Å². The van der Waals surface area contributed by atoms with E-state index in [1.807, 2.05) is 26.2 Å². The molecule has 0 saturated heterocycles. The Labute approximate surface area is 118 Å². The topological polar surface area (TPSA) is 29.9 Å². The summed E-state index contributed by atoms with van der Waals surface area (Å²) in [6.07, 6.45) is 2.03. The van der Waals surface area contributed by atoms with Crippen LogP contribution in [0.1, 0.15) is 5.69 Å². The summed E-state index contributed by atoms with van der Waals surface area (Å²) in [7, 11) is 1.89. The van der Waals surface area contributed by atoms with Crippen molar-refractivity contribution in [3.8, 4) is 16.8 Å². The Morgan fingerprint density at radius 3 is 2.20 bits per heavy atom. The van der Waals surface area contributed by atoms with Gasteiger partial charge in [-0.2, -0.15) is 0 Å². The van der Waals surface area contributed by atoms with Gasteiger partial charge in [-0.25, -0.2) is 4.98 Å². The zero-order valence-electron chi connectivity index (χ0n) is 11.7. The molecule has 0 aliphatic heterocycles. The summed E-state index contributed by atoms with van der Waals surface area (Å²) in [6, 6.07) is 18.9. The lowest BCUT2D eigenvalue weighted by Crippen LogP contribution is -2.00. The van der Waals surface area contributed by atoms with E-state index in [1.54, 1.807) is 0 Å². The first-order chi connectivity index (χ1) is 9.78. The van der Waals surface area contributed by atoms with Gasteiger partial charge in [0, 0.05) is 18.9 Å². The van der Waals surface area contributed by atoms with Gasteiger partial charge < -0.3 is 5.32 Å². The first-order valence-electron chi connectivity index (χ1n) is 6.67. The van der Waals surface area contributed by atoms with Crippen LogP contribution in [0.3, 0.4) is 0 Å². The maximum atomic E-state index is 4.44. The molecule has 1 aromatic heterocycles. The Morgan fingerprint density at radius 2 is 1.55 bits per heavy atom. The van der Waals surface area contributed by atoms with Crippen LogP contribution in [0.4, 0.5) is 5.95 Å². The number of rotatable bonds is 3. The standard InChI is InChI=1S/C17H17N3/c1-13-12-20(17(18-2)19-13)16-10-8-15(9-11-16)14-6-4-3-5-7-14/h3-12H,1-2H3,(H,18,19). The van der Waals surface area contributed by atoms with Gasteiger partial charge in [0.1, 0.15) is 0 Å². The van der Waals surface area contributed by atoms with Gasteiger partial charge in [0.15, 0.2) is 0 Å². The van der Waals surface area contributed by atoms with E-state index in [4.69, 9.17) is 0 Å². The molecule has 1 N–H and O–H groups in total. The fourth-order valence-electron chi connectivity index (χ4n) is 2.32. The molecule has 2 aromatic carbocycles. The molecule has 0 amide bonds. The average Bonchev–Trinajstić information content (AvgIpc) is 2.89. The molecule has 3 heteroatoms. The molecule has 1 heterocycles. The van der Waals surface area contributed by atoms with Crippen molar-refractivity contribution in [2.75, 3.05) is 12.4 Å². The van der Waals surface area contributed by atoms with E-state index in [-0.39, 0.29) is 0 Å². The Bertz CT molecular complexity index is 697. The molecule has 0 saturated carbocycles. The summed E-state index contributed by atoms with van der Waals surface area (Å²) in [5.74, 6) is 0.856. The number of aryl methyl sites for hydroxylation is 1. The van der Waals surface area contributed by atoms with Crippen LogP contribution < -0.4 is 5.32 Å². The summed E-state index contributed by atoms with van der Waals surface area (Å²) in [5.41, 5.74) is 4.56. The summed E-state index contributed by atoms with van der Waals surface area (Å²) < 4.78 is 2.06. The number of imidazole rings is 1. The van der Waals surface area contributed by atoms with E-state index in [9.17, 15) is 0 Å². The molecule has 0 unspecified atom stereocenters. The lowest BCUT2D eigenvalue weighted by atomic mass is 10.1. The van der Waals surface area contributed by atoms with Gasteiger partial charge >= 0.3 is 0 Å². The molecule has 3 nitrogen and oxygen atoms in total. The van der Waals surface area contributed by atoms with Crippen LogP contribution in [-0.4, -0.2) is 16.6 Å². The fraction of sp³-hybridized carbons (Fsp3) is 0.118. The largest absolute Gasteiger partial charge is 0.358 e. The van der Waals surface area contributed by atoms with E-state index in [1.165, 1.54) is 11.1 Å². The van der Waals surface area contributed by atoms with Crippen molar-refractivity contribution in [2.24, 2.45) is 0 Å². The predicted octanol–water partition coefficient (Wildman–Crippen LogP) is 3.89. The number of nitrogens with one attached hydrogen (secondary N) is 1. The molecule has 0 radical (unpaired) electrons. The molecule has 0 aliphatic rings. The minimum atomic E-state index is 0.856. The molecule has 0 spiro atoms. The zero-order valence-corrected chi connectivity index (χ0v) is 11.7. The van der Waals surface area contributed by atoms with Crippen molar-refractivity contribution in [3.05, 3.63) is 66.5 Å². The van der Waals surface area contributed by atoms with Crippen molar-refractivity contribution in [2.45, 2.75) is 6.92 Å². The first-order valence-corrected chi connectivity index (χ1v) is 6.67. The molecular weight excluding hydrogens is 246 g/mol. The number of benzene rings is 2. The lowest BCUT2D eigenvalue weighted by Gasteiger charge is -2.08. The second-order valence-corrected chi connectivity index (χ2v) is 4.74. The van der Waals surface area contributed by atoms with Crippen LogP contribution in [-0.2, 0) is 0 Å². The lowest BCUT2D eigenvalue weighted by molar-refractivity contribution is 1.05. The number of nitrogens with zero attached hydrogens (tertiary/aromatic N) is 2. The normalized spacial score (nSPS) is 10.5. The van der Waals surface area contributed by atoms with E-state index in [0.29, 0.717) is 0 Å². The molecule has 0 bridgehead atoms. The van der Waals surface area contributed by atoms with Gasteiger partial charge in [-0.05, 0) is 30.2 Å². The fourth-order valence-corrected chi connectivity index (χ4v) is 2.32. The van der Waals surface area contributed by atoms with E-state index >= 15 is 0 Å². The maximum absolute atomic E-state index is 4.44. The van der Waals surface area contributed by atoms with Gasteiger partial charge in [-0.3, -0.25) is 4.57 Å². The van der Waals surface area contributed by atoms with Gasteiger partial charge in [0.2, 0.25) is 5.95 Å². The highest BCUT2D eigenvalue weighted by Gasteiger charge is 2.06. The first kappa shape index (κ1) is 12.5. The highest BCUT2D eigenvalue weighted by Crippen LogP contribution is 2.22. The van der Waals surface area contributed by atoms with Crippen LogP contribution in [0.15, 0.2) is 60.8 Å². The summed E-state index contributed by atoms with van der Waals surface area (Å²) in [5, 5.41) is 3.11. The predicted molar refractivity (Wildman–Crippen MR) is 83.3 cm³/mol. The molecule has 0 fully saturated rings. The Hall–Kier alpha value is -2.55. The smallest absolute Gasteiger partial charge is 0.207 e. The van der Waals surface area contributed by atoms with Crippen molar-refractivity contribution in [1.29, 1.82) is 0 Å². The molecule has 100 valence electrons. The SMILES string of the molecule is CNc1nc(C)cn1-c1ccc(-c2ccccc2)cc1. The monoisotopic (exact) mass is 263 g/mol. The second-order valence-electron chi connectivity index (χ2n) is 4.74. The summed E-state index contributed by atoms with van der Waals surface area (Å²) >= 11 is 0. The van der Waals surface area contributed by atoms with E-state index < -0.39 is 0 Å². The van der Waals surface area contributed by atoms with Crippen LogP contribution >= 0.6 is 0 Å².